The van der Waals surface area contributed by atoms with Crippen molar-refractivity contribution in [3.8, 4) is 0 Å². The number of fused-ring (bicyclic) bond motifs is 1. The van der Waals surface area contributed by atoms with Gasteiger partial charge in [0.25, 0.3) is 0 Å². The fraction of sp³-hybridized carbons (Fsp3) is 0.571. The number of alkyl halides is 3. The van der Waals surface area contributed by atoms with Crippen molar-refractivity contribution in [2.24, 2.45) is 22.7 Å². The molecule has 166 valence electrons. The number of carboxylic acids is 1. The van der Waals surface area contributed by atoms with Crippen molar-refractivity contribution in [1.29, 1.82) is 0 Å². The summed E-state index contributed by atoms with van der Waals surface area (Å²) in [5.74, 6) is -1.69. The van der Waals surface area contributed by atoms with Crippen molar-refractivity contribution in [1.82, 2.24) is 9.88 Å². The first kappa shape index (κ1) is 20.5. The van der Waals surface area contributed by atoms with Crippen LogP contribution in [0.4, 0.5) is 18.9 Å². The van der Waals surface area contributed by atoms with Crippen molar-refractivity contribution in [2.45, 2.75) is 26.4 Å². The lowest BCUT2D eigenvalue weighted by molar-refractivity contribution is -0.158. The Morgan fingerprint density at radius 3 is 2.45 bits per heavy atom. The normalized spacial score (nSPS) is 26.4. The second-order valence-electron chi connectivity index (χ2n) is 9.77. The molecule has 1 aliphatic carbocycles. The van der Waals surface area contributed by atoms with Crippen LogP contribution in [-0.2, 0) is 15.8 Å². The number of aromatic nitrogens is 1. The topological polar surface area (TPSA) is 73.7 Å². The Hall–Kier alpha value is -2.36. The third-order valence-electron chi connectivity index (χ3n) is 7.16. The van der Waals surface area contributed by atoms with Crippen LogP contribution in [0.15, 0.2) is 17.6 Å². The molecule has 3 heterocycles. The van der Waals surface area contributed by atoms with Crippen molar-refractivity contribution >= 4 is 39.1 Å². The van der Waals surface area contributed by atoms with Gasteiger partial charge in [-0.05, 0) is 24.0 Å². The summed E-state index contributed by atoms with van der Waals surface area (Å²) in [6.07, 6.45) is -3.69. The van der Waals surface area contributed by atoms with Crippen LogP contribution in [0.25, 0.3) is 10.2 Å². The van der Waals surface area contributed by atoms with Crippen molar-refractivity contribution in [3.63, 3.8) is 0 Å². The molecule has 2 atom stereocenters. The predicted octanol–water partition coefficient (Wildman–Crippen LogP) is 3.71. The Morgan fingerprint density at radius 2 is 1.87 bits per heavy atom. The van der Waals surface area contributed by atoms with E-state index in [9.17, 15) is 27.9 Å². The maximum atomic E-state index is 13.4. The quantitative estimate of drug-likeness (QED) is 0.767. The average molecular weight is 453 g/mol. The number of carbonyl (C=O) groups is 2. The number of amides is 1. The Morgan fingerprint density at radius 1 is 1.19 bits per heavy atom. The van der Waals surface area contributed by atoms with Crippen LogP contribution in [0.1, 0.15) is 25.8 Å². The molecule has 2 saturated heterocycles. The number of anilines is 1. The van der Waals surface area contributed by atoms with Crippen LogP contribution in [0.5, 0.6) is 0 Å². The molecule has 10 heteroatoms. The van der Waals surface area contributed by atoms with Gasteiger partial charge >= 0.3 is 12.1 Å². The highest BCUT2D eigenvalue weighted by Gasteiger charge is 2.61. The number of carbonyl (C=O) groups excluding carboxylic acids is 1. The first-order valence-electron chi connectivity index (χ1n) is 10.1. The molecule has 3 aliphatic rings. The van der Waals surface area contributed by atoms with E-state index in [2.05, 4.69) is 4.98 Å². The third-order valence-corrected chi connectivity index (χ3v) is 8.03. The molecular weight excluding hydrogens is 431 g/mol. The van der Waals surface area contributed by atoms with E-state index in [-0.39, 0.29) is 29.3 Å². The van der Waals surface area contributed by atoms with Gasteiger partial charge in [0.15, 0.2) is 0 Å². The molecule has 3 fully saturated rings. The van der Waals surface area contributed by atoms with Crippen molar-refractivity contribution in [2.75, 3.05) is 31.1 Å². The molecule has 6 nitrogen and oxygen atoms in total. The maximum Gasteiger partial charge on any atom is 0.416 e. The van der Waals surface area contributed by atoms with Crippen LogP contribution in [0.2, 0.25) is 0 Å². The highest BCUT2D eigenvalue weighted by Crippen LogP contribution is 2.55. The molecule has 31 heavy (non-hydrogen) atoms. The molecular formula is C21H22F3N3O3S. The van der Waals surface area contributed by atoms with Gasteiger partial charge in [0.1, 0.15) is 0 Å². The Kier molecular flexibility index (Phi) is 4.20. The highest BCUT2D eigenvalue weighted by atomic mass is 32.1. The van der Waals surface area contributed by atoms with Gasteiger partial charge in [-0.25, -0.2) is 4.98 Å². The summed E-state index contributed by atoms with van der Waals surface area (Å²) >= 11 is 1.24. The van der Waals surface area contributed by atoms with E-state index >= 15 is 0 Å². The van der Waals surface area contributed by atoms with Crippen LogP contribution >= 0.6 is 11.3 Å². The van der Waals surface area contributed by atoms with Gasteiger partial charge < -0.3 is 14.9 Å². The smallest absolute Gasteiger partial charge is 0.416 e. The molecule has 1 aromatic carbocycles. The number of carboxylic acid groups (broad SMARTS) is 1. The number of hydrogen-bond donors (Lipinski definition) is 1. The summed E-state index contributed by atoms with van der Waals surface area (Å²) in [6, 6.07) is 2.11. The number of halogens is 3. The maximum absolute atomic E-state index is 13.4. The minimum absolute atomic E-state index is 0.0104. The van der Waals surface area contributed by atoms with E-state index in [0.29, 0.717) is 30.0 Å². The standard InChI is InChI=1S/C21H22F3N3O3S/c1-19(2)5-12(19)17(28)27-8-20(9-27)7-26(6-13(20)18(29)30)15-4-11(21(22,23)24)3-14-16(15)31-10-25-14/h3-4,10,12-13H,5-9H2,1-2H3,(H,29,30)/t12-,13+/m1/s1. The molecule has 2 aliphatic heterocycles. The van der Waals surface area contributed by atoms with Gasteiger partial charge in [0.2, 0.25) is 5.91 Å². The number of likely N-dealkylation sites (tertiary alicyclic amines) is 1. The van der Waals surface area contributed by atoms with E-state index in [4.69, 9.17) is 0 Å². The molecule has 1 saturated carbocycles. The van der Waals surface area contributed by atoms with Gasteiger partial charge in [0, 0.05) is 37.5 Å². The number of hydrogen-bond acceptors (Lipinski definition) is 5. The van der Waals surface area contributed by atoms with E-state index in [1.165, 1.54) is 16.8 Å². The van der Waals surface area contributed by atoms with Crippen LogP contribution in [0, 0.1) is 22.7 Å². The molecule has 5 rings (SSSR count). The number of aliphatic carboxylic acids is 1. The molecule has 2 aromatic rings. The number of benzene rings is 1. The lowest BCUT2D eigenvalue weighted by Crippen LogP contribution is -2.63. The summed E-state index contributed by atoms with van der Waals surface area (Å²) in [7, 11) is 0. The van der Waals surface area contributed by atoms with Gasteiger partial charge in [-0.1, -0.05) is 13.8 Å². The largest absolute Gasteiger partial charge is 0.481 e. The molecule has 1 amide bonds. The zero-order chi connectivity index (χ0) is 22.3. The Balaban J connectivity index is 1.44. The van der Waals surface area contributed by atoms with Crippen LogP contribution in [0.3, 0.4) is 0 Å². The summed E-state index contributed by atoms with van der Waals surface area (Å²) in [4.78, 5) is 32.2. The molecule has 0 radical (unpaired) electrons. The first-order chi connectivity index (χ1) is 14.4. The molecule has 1 aromatic heterocycles. The Bertz CT molecular complexity index is 1090. The lowest BCUT2D eigenvalue weighted by atomic mass is 9.71. The minimum Gasteiger partial charge on any atom is -0.481 e. The highest BCUT2D eigenvalue weighted by molar-refractivity contribution is 7.17. The second-order valence-corrected chi connectivity index (χ2v) is 10.6. The van der Waals surface area contributed by atoms with E-state index < -0.39 is 29.0 Å². The van der Waals surface area contributed by atoms with E-state index in [1.807, 2.05) is 13.8 Å². The second kappa shape index (κ2) is 6.34. The SMILES string of the molecule is CC1(C)C[C@@H]1C(=O)N1CC2(C1)CN(c1cc(C(F)(F)F)cc3ncsc13)C[C@H]2C(=O)O. The van der Waals surface area contributed by atoms with Gasteiger partial charge in [0.05, 0.1) is 32.9 Å². The van der Waals surface area contributed by atoms with Gasteiger partial charge in [-0.3, -0.25) is 9.59 Å². The third kappa shape index (κ3) is 3.18. The number of rotatable bonds is 3. The average Bonchev–Trinajstić information content (AvgIpc) is 3.03. The van der Waals surface area contributed by atoms with Crippen molar-refractivity contribution in [3.05, 3.63) is 23.2 Å². The summed E-state index contributed by atoms with van der Waals surface area (Å²) < 4.78 is 40.9. The summed E-state index contributed by atoms with van der Waals surface area (Å²) in [6.45, 7) is 5.15. The zero-order valence-electron chi connectivity index (χ0n) is 17.1. The zero-order valence-corrected chi connectivity index (χ0v) is 17.9. The van der Waals surface area contributed by atoms with Gasteiger partial charge in [-0.2, -0.15) is 13.2 Å². The Labute approximate surface area is 180 Å². The predicted molar refractivity (Wildman–Crippen MR) is 109 cm³/mol. The van der Waals surface area contributed by atoms with Crippen LogP contribution < -0.4 is 4.90 Å². The molecule has 1 N–H and O–H groups in total. The van der Waals surface area contributed by atoms with Crippen LogP contribution in [-0.4, -0.2) is 53.0 Å². The fourth-order valence-corrected chi connectivity index (χ4v) is 5.95. The molecule has 1 spiro atoms. The minimum atomic E-state index is -4.52. The monoisotopic (exact) mass is 453 g/mol. The first-order valence-corrected chi connectivity index (χ1v) is 11.0. The van der Waals surface area contributed by atoms with Gasteiger partial charge in [-0.15, -0.1) is 11.3 Å². The fourth-order valence-electron chi connectivity index (χ4n) is 5.14. The van der Waals surface area contributed by atoms with E-state index in [0.717, 1.165) is 18.6 Å². The molecule has 0 bridgehead atoms. The van der Waals surface area contributed by atoms with Crippen molar-refractivity contribution < 1.29 is 27.9 Å². The number of thiazole rings is 1. The molecule has 0 unspecified atom stereocenters. The summed E-state index contributed by atoms with van der Waals surface area (Å²) in [5.41, 5.74) is 0.661. The van der Waals surface area contributed by atoms with E-state index in [1.54, 1.807) is 9.80 Å². The summed E-state index contributed by atoms with van der Waals surface area (Å²) in [5, 5.41) is 9.85. The number of nitrogens with zero attached hydrogens (tertiary/aromatic N) is 3. The lowest BCUT2D eigenvalue weighted by Gasteiger charge is -2.50.